The fourth-order valence-electron chi connectivity index (χ4n) is 3.40. The van der Waals surface area contributed by atoms with E-state index in [4.69, 9.17) is 0 Å². The van der Waals surface area contributed by atoms with Crippen LogP contribution in [0.3, 0.4) is 0 Å². The van der Waals surface area contributed by atoms with Gasteiger partial charge in [-0.2, -0.15) is 0 Å². The van der Waals surface area contributed by atoms with Crippen molar-refractivity contribution in [1.82, 2.24) is 4.90 Å². The Bertz CT molecular complexity index is 744. The van der Waals surface area contributed by atoms with E-state index in [1.165, 1.54) is 12.5 Å². The van der Waals surface area contributed by atoms with Crippen molar-refractivity contribution < 1.29 is 9.59 Å². The number of hydrogen-bond donors (Lipinski definition) is 2. The van der Waals surface area contributed by atoms with Gasteiger partial charge in [-0.1, -0.05) is 30.3 Å². The van der Waals surface area contributed by atoms with Crippen LogP contribution >= 0.6 is 0 Å². The molecule has 3 amide bonds. The second kappa shape index (κ2) is 8.52. The summed E-state index contributed by atoms with van der Waals surface area (Å²) >= 11 is 0. The Balaban J connectivity index is 1.63. The van der Waals surface area contributed by atoms with Crippen molar-refractivity contribution in [2.24, 2.45) is 0 Å². The summed E-state index contributed by atoms with van der Waals surface area (Å²) < 4.78 is 0. The molecule has 2 N–H and O–H groups in total. The summed E-state index contributed by atoms with van der Waals surface area (Å²) in [6.07, 6.45) is 4.12. The van der Waals surface area contributed by atoms with Gasteiger partial charge in [-0.05, 0) is 55.5 Å². The minimum Gasteiger partial charge on any atom is -0.326 e. The zero-order valence-electron chi connectivity index (χ0n) is 15.1. The first kappa shape index (κ1) is 18.0. The average molecular weight is 351 g/mol. The minimum atomic E-state index is -0.112. The van der Waals surface area contributed by atoms with Crippen LogP contribution < -0.4 is 10.6 Å². The molecule has 2 aromatic carbocycles. The predicted octanol–water partition coefficient (Wildman–Crippen LogP) is 4.27. The molecular formula is C21H25N3O2. The second-order valence-electron chi connectivity index (χ2n) is 6.72. The third-order valence-corrected chi connectivity index (χ3v) is 4.66. The number of carbonyl (C=O) groups excluding carboxylic acids is 2. The molecule has 1 fully saturated rings. The molecule has 3 rings (SSSR count). The monoisotopic (exact) mass is 351 g/mol. The van der Waals surface area contributed by atoms with Crippen molar-refractivity contribution in [3.8, 4) is 0 Å². The van der Waals surface area contributed by atoms with E-state index in [9.17, 15) is 9.59 Å². The van der Waals surface area contributed by atoms with E-state index in [2.05, 4.69) is 22.8 Å². The van der Waals surface area contributed by atoms with E-state index in [0.29, 0.717) is 0 Å². The van der Waals surface area contributed by atoms with Crippen molar-refractivity contribution in [2.45, 2.75) is 38.6 Å². The second-order valence-corrected chi connectivity index (χ2v) is 6.72. The molecule has 2 aromatic rings. The van der Waals surface area contributed by atoms with E-state index in [1.54, 1.807) is 24.3 Å². The molecule has 5 heteroatoms. The number of anilines is 2. The van der Waals surface area contributed by atoms with Crippen LogP contribution in [0, 0.1) is 0 Å². The zero-order valence-corrected chi connectivity index (χ0v) is 15.1. The van der Waals surface area contributed by atoms with E-state index in [0.717, 1.165) is 43.6 Å². The van der Waals surface area contributed by atoms with Crippen LogP contribution in [0.4, 0.5) is 16.2 Å². The molecule has 0 radical (unpaired) electrons. The Kier molecular flexibility index (Phi) is 5.89. The maximum atomic E-state index is 12.8. The molecule has 1 atom stereocenters. The van der Waals surface area contributed by atoms with E-state index < -0.39 is 0 Å². The number of amides is 3. The topological polar surface area (TPSA) is 61.4 Å². The number of nitrogens with one attached hydrogen (secondary N) is 2. The van der Waals surface area contributed by atoms with Crippen molar-refractivity contribution in [3.63, 3.8) is 0 Å². The smallest absolute Gasteiger partial charge is 0.322 e. The van der Waals surface area contributed by atoms with Crippen molar-refractivity contribution in [1.29, 1.82) is 0 Å². The predicted molar refractivity (Wildman–Crippen MR) is 104 cm³/mol. The van der Waals surface area contributed by atoms with Gasteiger partial charge in [-0.15, -0.1) is 0 Å². The molecule has 5 nitrogen and oxygen atoms in total. The first-order valence-corrected chi connectivity index (χ1v) is 9.11. The highest BCUT2D eigenvalue weighted by Crippen LogP contribution is 2.22. The van der Waals surface area contributed by atoms with Gasteiger partial charge in [-0.3, -0.25) is 4.79 Å². The van der Waals surface area contributed by atoms with Crippen LogP contribution in [0.2, 0.25) is 0 Å². The molecule has 0 saturated carbocycles. The third kappa shape index (κ3) is 4.85. The largest absolute Gasteiger partial charge is 0.326 e. The maximum absolute atomic E-state index is 12.8. The number of hydrogen-bond acceptors (Lipinski definition) is 2. The van der Waals surface area contributed by atoms with Crippen LogP contribution in [0.1, 0.15) is 31.7 Å². The standard InChI is InChI=1S/C21H25N3O2/c1-16(25)22-18-10-12-19(13-11-18)23-21(26)24-14-6-5-9-20(24)15-17-7-3-2-4-8-17/h2-4,7-8,10-13,20H,5-6,9,14-15H2,1H3,(H,22,25)(H,23,26). The fourth-order valence-corrected chi connectivity index (χ4v) is 3.40. The number of likely N-dealkylation sites (tertiary alicyclic amines) is 1. The number of rotatable bonds is 4. The van der Waals surface area contributed by atoms with Crippen LogP contribution in [0.15, 0.2) is 54.6 Å². The molecule has 0 aliphatic carbocycles. The number of urea groups is 1. The molecule has 1 aliphatic rings. The maximum Gasteiger partial charge on any atom is 0.322 e. The summed E-state index contributed by atoms with van der Waals surface area (Å²) in [5.41, 5.74) is 2.71. The molecule has 0 aromatic heterocycles. The first-order chi connectivity index (χ1) is 12.6. The van der Waals surface area contributed by atoms with Crippen LogP contribution in [-0.4, -0.2) is 29.4 Å². The van der Waals surface area contributed by atoms with Gasteiger partial charge >= 0.3 is 6.03 Å². The van der Waals surface area contributed by atoms with E-state index in [-0.39, 0.29) is 18.0 Å². The highest BCUT2D eigenvalue weighted by Gasteiger charge is 2.26. The van der Waals surface area contributed by atoms with Gasteiger partial charge < -0.3 is 15.5 Å². The Morgan fingerprint density at radius 1 is 0.962 bits per heavy atom. The van der Waals surface area contributed by atoms with Crippen molar-refractivity contribution in [2.75, 3.05) is 17.2 Å². The summed E-state index contributed by atoms with van der Waals surface area (Å²) in [5, 5.41) is 5.70. The minimum absolute atomic E-state index is 0.0575. The van der Waals surface area contributed by atoms with Crippen LogP contribution in [0.5, 0.6) is 0 Å². The molecule has 136 valence electrons. The normalized spacial score (nSPS) is 16.8. The lowest BCUT2D eigenvalue weighted by Gasteiger charge is -2.36. The Morgan fingerprint density at radius 2 is 1.62 bits per heavy atom. The lowest BCUT2D eigenvalue weighted by Crippen LogP contribution is -2.46. The molecule has 1 unspecified atom stereocenters. The summed E-state index contributed by atoms with van der Waals surface area (Å²) in [6, 6.07) is 17.7. The first-order valence-electron chi connectivity index (χ1n) is 9.11. The summed E-state index contributed by atoms with van der Waals surface area (Å²) in [4.78, 5) is 25.8. The zero-order chi connectivity index (χ0) is 18.4. The van der Waals surface area contributed by atoms with Crippen molar-refractivity contribution in [3.05, 3.63) is 60.2 Å². The molecule has 1 aliphatic heterocycles. The van der Waals surface area contributed by atoms with Gasteiger partial charge in [-0.25, -0.2) is 4.79 Å². The molecule has 0 spiro atoms. The quantitative estimate of drug-likeness (QED) is 0.864. The fraction of sp³-hybridized carbons (Fsp3) is 0.333. The van der Waals surface area contributed by atoms with Crippen molar-refractivity contribution >= 4 is 23.3 Å². The lowest BCUT2D eigenvalue weighted by atomic mass is 9.96. The number of nitrogens with zero attached hydrogens (tertiary/aromatic N) is 1. The lowest BCUT2D eigenvalue weighted by molar-refractivity contribution is -0.114. The summed E-state index contributed by atoms with van der Waals surface area (Å²) in [7, 11) is 0. The Hall–Kier alpha value is -2.82. The number of benzene rings is 2. The molecule has 26 heavy (non-hydrogen) atoms. The number of carbonyl (C=O) groups is 2. The Morgan fingerprint density at radius 3 is 2.27 bits per heavy atom. The van der Waals surface area contributed by atoms with E-state index in [1.807, 2.05) is 23.1 Å². The molecule has 1 heterocycles. The SMILES string of the molecule is CC(=O)Nc1ccc(NC(=O)N2CCCCC2Cc2ccccc2)cc1. The van der Waals surface area contributed by atoms with Gasteiger partial charge in [0.15, 0.2) is 0 Å². The third-order valence-electron chi connectivity index (χ3n) is 4.66. The summed E-state index contributed by atoms with van der Waals surface area (Å²) in [5.74, 6) is -0.112. The van der Waals surface area contributed by atoms with Gasteiger partial charge in [0.1, 0.15) is 0 Å². The van der Waals surface area contributed by atoms with Crippen LogP contribution in [0.25, 0.3) is 0 Å². The van der Waals surface area contributed by atoms with Gasteiger partial charge in [0.2, 0.25) is 5.91 Å². The molecule has 0 bridgehead atoms. The Labute approximate surface area is 154 Å². The highest BCUT2D eigenvalue weighted by molar-refractivity contribution is 5.91. The molecule has 1 saturated heterocycles. The van der Waals surface area contributed by atoms with Gasteiger partial charge in [0.25, 0.3) is 0 Å². The summed E-state index contributed by atoms with van der Waals surface area (Å²) in [6.45, 7) is 2.26. The van der Waals surface area contributed by atoms with E-state index >= 15 is 0 Å². The van der Waals surface area contributed by atoms with Crippen LogP contribution in [-0.2, 0) is 11.2 Å². The highest BCUT2D eigenvalue weighted by atomic mass is 16.2. The average Bonchev–Trinajstić information content (AvgIpc) is 2.64. The molecular weight excluding hydrogens is 326 g/mol. The van der Waals surface area contributed by atoms with Gasteiger partial charge in [0.05, 0.1) is 0 Å². The van der Waals surface area contributed by atoms with Gasteiger partial charge in [0, 0.05) is 30.9 Å². The number of piperidine rings is 1.